The van der Waals surface area contributed by atoms with Crippen LogP contribution in [0.5, 0.6) is 0 Å². The molecule has 0 amide bonds. The number of hydrogen-bond donors (Lipinski definition) is 1. The van der Waals surface area contributed by atoms with Crippen LogP contribution in [-0.4, -0.2) is 5.16 Å². The third-order valence-corrected chi connectivity index (χ3v) is 3.55. The van der Waals surface area contributed by atoms with Gasteiger partial charge in [0.1, 0.15) is 17.1 Å². The molecule has 1 N–H and O–H groups in total. The topological polar surface area (TPSA) is 51.2 Å². The number of para-hydroxylation sites is 1. The van der Waals surface area contributed by atoms with Crippen molar-refractivity contribution in [2.75, 3.05) is 0 Å². The van der Waals surface area contributed by atoms with Gasteiger partial charge in [0.25, 0.3) is 0 Å². The van der Waals surface area contributed by atoms with Crippen molar-refractivity contribution in [2.24, 2.45) is 0 Å². The van der Waals surface area contributed by atoms with Crippen molar-refractivity contribution in [1.29, 1.82) is 0 Å². The van der Waals surface area contributed by atoms with Crippen molar-refractivity contribution < 1.29 is 8.94 Å². The summed E-state index contributed by atoms with van der Waals surface area (Å²) in [4.78, 5) is 0. The Hall–Kier alpha value is -2.07. The van der Waals surface area contributed by atoms with Gasteiger partial charge in [-0.2, -0.15) is 0 Å². The van der Waals surface area contributed by atoms with Gasteiger partial charge < -0.3 is 14.3 Å². The summed E-state index contributed by atoms with van der Waals surface area (Å²) < 4.78 is 11.1. The summed E-state index contributed by atoms with van der Waals surface area (Å²) in [5, 5.41) is 8.32. The number of aryl methyl sites for hydroxylation is 1. The number of rotatable bonds is 5. The number of nitrogens with zero attached hydrogens (tertiary/aromatic N) is 1. The number of hydrogen-bond acceptors (Lipinski definition) is 4. The molecule has 0 fully saturated rings. The van der Waals surface area contributed by atoms with Crippen molar-refractivity contribution in [3.63, 3.8) is 0 Å². The van der Waals surface area contributed by atoms with Gasteiger partial charge in [0, 0.05) is 17.0 Å². The van der Waals surface area contributed by atoms with E-state index in [4.69, 9.17) is 8.94 Å². The van der Waals surface area contributed by atoms with Crippen LogP contribution in [0.1, 0.15) is 37.0 Å². The number of benzene rings is 1. The third kappa shape index (κ3) is 2.34. The van der Waals surface area contributed by atoms with Crippen molar-refractivity contribution in [1.82, 2.24) is 10.5 Å². The fourth-order valence-electron chi connectivity index (χ4n) is 2.51. The summed E-state index contributed by atoms with van der Waals surface area (Å²) in [5.41, 5.74) is 2.23. The predicted molar refractivity (Wildman–Crippen MR) is 77.3 cm³/mol. The second-order valence-electron chi connectivity index (χ2n) is 4.88. The van der Waals surface area contributed by atoms with E-state index < -0.39 is 0 Å². The molecular formula is C16H18N2O2. The number of aromatic nitrogens is 1. The van der Waals surface area contributed by atoms with Gasteiger partial charge in [0.15, 0.2) is 0 Å². The minimum atomic E-state index is 0.127. The highest BCUT2D eigenvalue weighted by Gasteiger charge is 2.17. The Bertz CT molecular complexity index is 686. The van der Waals surface area contributed by atoms with Crippen LogP contribution in [0.25, 0.3) is 11.0 Å². The summed E-state index contributed by atoms with van der Waals surface area (Å²) in [6.07, 6.45) is 2.61. The highest BCUT2D eigenvalue weighted by molar-refractivity contribution is 5.82. The standard InChI is InChI=1S/C16H18N2O2/c1-3-13-14-6-4-5-7-15(14)19-16(13)11(2)17-10-12-8-9-18-20-12/h4-9,11,17H,3,10H2,1-2H3. The maximum absolute atomic E-state index is 6.01. The zero-order chi connectivity index (χ0) is 13.9. The molecule has 2 aromatic heterocycles. The maximum Gasteiger partial charge on any atom is 0.150 e. The van der Waals surface area contributed by atoms with Crippen molar-refractivity contribution >= 4 is 11.0 Å². The van der Waals surface area contributed by atoms with Crippen LogP contribution in [0.2, 0.25) is 0 Å². The van der Waals surface area contributed by atoms with E-state index in [9.17, 15) is 0 Å². The Morgan fingerprint density at radius 1 is 1.25 bits per heavy atom. The second kappa shape index (κ2) is 5.51. The van der Waals surface area contributed by atoms with Gasteiger partial charge in [-0.15, -0.1) is 0 Å². The lowest BCUT2D eigenvalue weighted by Crippen LogP contribution is -2.18. The van der Waals surface area contributed by atoms with Crippen LogP contribution in [0.4, 0.5) is 0 Å². The smallest absolute Gasteiger partial charge is 0.150 e. The minimum Gasteiger partial charge on any atom is -0.459 e. The summed E-state index contributed by atoms with van der Waals surface area (Å²) in [6, 6.07) is 10.2. The molecule has 1 atom stereocenters. The van der Waals surface area contributed by atoms with E-state index in [1.165, 1.54) is 10.9 Å². The maximum atomic E-state index is 6.01. The molecule has 0 aliphatic rings. The van der Waals surface area contributed by atoms with Crippen molar-refractivity contribution in [3.8, 4) is 0 Å². The zero-order valence-electron chi connectivity index (χ0n) is 11.7. The Kier molecular flexibility index (Phi) is 3.56. The van der Waals surface area contributed by atoms with Gasteiger partial charge >= 0.3 is 0 Å². The summed E-state index contributed by atoms with van der Waals surface area (Å²) in [7, 11) is 0. The van der Waals surface area contributed by atoms with E-state index in [2.05, 4.69) is 30.4 Å². The van der Waals surface area contributed by atoms with Crippen molar-refractivity contribution in [2.45, 2.75) is 32.9 Å². The lowest BCUT2D eigenvalue weighted by atomic mass is 10.1. The quantitative estimate of drug-likeness (QED) is 0.765. The Labute approximate surface area is 117 Å². The molecule has 3 aromatic rings. The van der Waals surface area contributed by atoms with E-state index in [-0.39, 0.29) is 6.04 Å². The molecule has 104 valence electrons. The number of furan rings is 1. The average Bonchev–Trinajstić information content (AvgIpc) is 3.11. The first-order chi connectivity index (χ1) is 9.79. The summed E-state index contributed by atoms with van der Waals surface area (Å²) >= 11 is 0. The fraction of sp³-hybridized carbons (Fsp3) is 0.312. The van der Waals surface area contributed by atoms with Crippen molar-refractivity contribution in [3.05, 3.63) is 53.6 Å². The minimum absolute atomic E-state index is 0.127. The normalized spacial score (nSPS) is 12.9. The lowest BCUT2D eigenvalue weighted by molar-refractivity contribution is 0.357. The highest BCUT2D eigenvalue weighted by Crippen LogP contribution is 2.30. The number of fused-ring (bicyclic) bond motifs is 1. The molecule has 0 radical (unpaired) electrons. The molecule has 3 rings (SSSR count). The van der Waals surface area contributed by atoms with Gasteiger partial charge in [0.2, 0.25) is 0 Å². The molecule has 1 unspecified atom stereocenters. The van der Waals surface area contributed by atoms with Gasteiger partial charge in [-0.25, -0.2) is 0 Å². The fourth-order valence-corrected chi connectivity index (χ4v) is 2.51. The molecule has 0 saturated carbocycles. The molecule has 0 bridgehead atoms. The van der Waals surface area contributed by atoms with Crippen LogP contribution < -0.4 is 5.32 Å². The largest absolute Gasteiger partial charge is 0.459 e. The van der Waals surface area contributed by atoms with Crippen LogP contribution >= 0.6 is 0 Å². The molecule has 0 aliphatic carbocycles. The van der Waals surface area contributed by atoms with E-state index in [0.29, 0.717) is 6.54 Å². The molecular weight excluding hydrogens is 252 g/mol. The highest BCUT2D eigenvalue weighted by atomic mass is 16.5. The molecule has 2 heterocycles. The summed E-state index contributed by atoms with van der Waals surface area (Å²) in [5.74, 6) is 1.83. The Morgan fingerprint density at radius 3 is 2.85 bits per heavy atom. The Morgan fingerprint density at radius 2 is 2.10 bits per heavy atom. The average molecular weight is 270 g/mol. The zero-order valence-corrected chi connectivity index (χ0v) is 11.7. The predicted octanol–water partition coefficient (Wildman–Crippen LogP) is 3.83. The van der Waals surface area contributed by atoms with Gasteiger partial charge in [-0.05, 0) is 19.4 Å². The first kappa shape index (κ1) is 12.9. The van der Waals surface area contributed by atoms with Crippen LogP contribution in [0, 0.1) is 0 Å². The number of nitrogens with one attached hydrogen (secondary N) is 1. The van der Waals surface area contributed by atoms with Gasteiger partial charge in [-0.1, -0.05) is 30.3 Å². The Balaban J connectivity index is 1.85. The second-order valence-corrected chi connectivity index (χ2v) is 4.88. The van der Waals surface area contributed by atoms with E-state index in [1.807, 2.05) is 24.3 Å². The monoisotopic (exact) mass is 270 g/mol. The first-order valence-electron chi connectivity index (χ1n) is 6.92. The molecule has 0 spiro atoms. The SMILES string of the molecule is CCc1c(C(C)NCc2ccno2)oc2ccccc12. The van der Waals surface area contributed by atoms with E-state index in [1.54, 1.807) is 6.20 Å². The lowest BCUT2D eigenvalue weighted by Gasteiger charge is -2.11. The van der Waals surface area contributed by atoms with Gasteiger partial charge in [-0.3, -0.25) is 0 Å². The van der Waals surface area contributed by atoms with Crippen LogP contribution in [0.15, 0.2) is 45.5 Å². The first-order valence-corrected chi connectivity index (χ1v) is 6.92. The van der Waals surface area contributed by atoms with E-state index >= 15 is 0 Å². The van der Waals surface area contributed by atoms with Crippen LogP contribution in [0.3, 0.4) is 0 Å². The molecule has 1 aromatic carbocycles. The van der Waals surface area contributed by atoms with Crippen LogP contribution in [-0.2, 0) is 13.0 Å². The third-order valence-electron chi connectivity index (χ3n) is 3.55. The molecule has 20 heavy (non-hydrogen) atoms. The molecule has 4 nitrogen and oxygen atoms in total. The molecule has 0 aliphatic heterocycles. The van der Waals surface area contributed by atoms with E-state index in [0.717, 1.165) is 23.5 Å². The molecule has 0 saturated heterocycles. The van der Waals surface area contributed by atoms with Gasteiger partial charge in [0.05, 0.1) is 18.8 Å². The summed E-state index contributed by atoms with van der Waals surface area (Å²) in [6.45, 7) is 4.90. The molecule has 4 heteroatoms.